The topological polar surface area (TPSA) is 113 Å². The van der Waals surface area contributed by atoms with Crippen LogP contribution in [-0.2, 0) is 32.6 Å². The molecule has 1 unspecified atom stereocenters. The SMILES string of the molecule is [N-]=[N+]=Nc1ccc(CC2CN(Cc3ccccn3)CCN(Cc3ccccn3)CCN(Cc3ccccn3)CCN2Cc2ccccn2)cc1. The summed E-state index contributed by atoms with van der Waals surface area (Å²) in [5.74, 6) is 0. The van der Waals surface area contributed by atoms with Crippen molar-refractivity contribution < 1.29 is 0 Å². The van der Waals surface area contributed by atoms with E-state index in [1.807, 2.05) is 61.2 Å². The lowest BCUT2D eigenvalue weighted by molar-refractivity contribution is 0.0841. The molecule has 0 N–H and O–H groups in total. The van der Waals surface area contributed by atoms with Crippen LogP contribution in [0.1, 0.15) is 28.3 Å². The minimum absolute atomic E-state index is 0.173. The van der Waals surface area contributed by atoms with Gasteiger partial charge >= 0.3 is 0 Å². The van der Waals surface area contributed by atoms with E-state index in [-0.39, 0.29) is 6.04 Å². The molecule has 1 saturated heterocycles. The molecule has 0 saturated carbocycles. The third kappa shape index (κ3) is 11.0. The fraction of sp³-hybridized carbons (Fsp3) is 0.333. The standard InChI is InChI=1S/C39H45N11/c40-46-45-34-15-13-33(14-16-34)27-39-32-49(30-37-11-3-7-19-43-37)24-23-47(28-35-9-1-5-17-41-35)21-22-48(29-36-10-2-6-18-42-36)25-26-50(39)31-38-12-4-8-20-44-38/h1-20,39H,21-32H2. The third-order valence-electron chi connectivity index (χ3n) is 9.15. The molecule has 0 amide bonds. The van der Waals surface area contributed by atoms with Crippen molar-refractivity contribution in [3.63, 3.8) is 0 Å². The average molecular weight is 668 g/mol. The summed E-state index contributed by atoms with van der Waals surface area (Å²) in [4.78, 5) is 32.0. The van der Waals surface area contributed by atoms with Gasteiger partial charge < -0.3 is 0 Å². The number of hydrogen-bond donors (Lipinski definition) is 0. The van der Waals surface area contributed by atoms with E-state index < -0.39 is 0 Å². The minimum Gasteiger partial charge on any atom is -0.295 e. The van der Waals surface area contributed by atoms with Crippen LogP contribution in [0.3, 0.4) is 0 Å². The maximum Gasteiger partial charge on any atom is 0.0544 e. The first kappa shape index (κ1) is 34.8. The molecular formula is C39H45N11. The zero-order chi connectivity index (χ0) is 34.2. The highest BCUT2D eigenvalue weighted by molar-refractivity contribution is 5.38. The van der Waals surface area contributed by atoms with Crippen molar-refractivity contribution in [2.24, 2.45) is 5.11 Å². The second-order valence-electron chi connectivity index (χ2n) is 12.8. The summed E-state index contributed by atoms with van der Waals surface area (Å²) < 4.78 is 0. The Hall–Kier alpha value is -5.03. The number of azide groups is 1. The smallest absolute Gasteiger partial charge is 0.0544 e. The van der Waals surface area contributed by atoms with Gasteiger partial charge in [0.15, 0.2) is 0 Å². The van der Waals surface area contributed by atoms with Crippen molar-refractivity contribution >= 4 is 5.69 Å². The number of nitrogens with zero attached hydrogens (tertiary/aromatic N) is 11. The highest BCUT2D eigenvalue weighted by Gasteiger charge is 2.26. The molecule has 0 aliphatic carbocycles. The van der Waals surface area contributed by atoms with Crippen LogP contribution in [0.15, 0.2) is 127 Å². The first-order chi connectivity index (χ1) is 24.7. The van der Waals surface area contributed by atoms with Gasteiger partial charge in [-0.05, 0) is 66.0 Å². The Morgan fingerprint density at radius 3 is 1.44 bits per heavy atom. The molecule has 6 rings (SSSR count). The van der Waals surface area contributed by atoms with E-state index in [2.05, 4.69) is 100 Å². The summed E-state index contributed by atoms with van der Waals surface area (Å²) in [6.07, 6.45) is 8.36. The monoisotopic (exact) mass is 667 g/mol. The Kier molecular flexibility index (Phi) is 13.0. The summed E-state index contributed by atoms with van der Waals surface area (Å²) in [6, 6.07) is 32.8. The molecule has 5 heterocycles. The second-order valence-corrected chi connectivity index (χ2v) is 12.8. The van der Waals surface area contributed by atoms with Crippen molar-refractivity contribution in [1.82, 2.24) is 39.5 Å². The molecule has 11 nitrogen and oxygen atoms in total. The maximum absolute atomic E-state index is 8.96. The van der Waals surface area contributed by atoms with E-state index >= 15 is 0 Å². The van der Waals surface area contributed by atoms with Crippen LogP contribution in [-0.4, -0.2) is 91.4 Å². The van der Waals surface area contributed by atoms with E-state index in [9.17, 15) is 0 Å². The van der Waals surface area contributed by atoms with Gasteiger partial charge in [-0.1, -0.05) is 53.6 Å². The summed E-state index contributed by atoms with van der Waals surface area (Å²) in [7, 11) is 0. The maximum atomic E-state index is 8.96. The van der Waals surface area contributed by atoms with Gasteiger partial charge in [0.1, 0.15) is 0 Å². The molecule has 1 aliphatic rings. The first-order valence-corrected chi connectivity index (χ1v) is 17.3. The van der Waals surface area contributed by atoms with Crippen LogP contribution >= 0.6 is 0 Å². The third-order valence-corrected chi connectivity index (χ3v) is 9.15. The number of benzene rings is 1. The second kappa shape index (κ2) is 18.7. The van der Waals surface area contributed by atoms with Crippen molar-refractivity contribution in [3.8, 4) is 0 Å². The van der Waals surface area contributed by atoms with Gasteiger partial charge in [0.2, 0.25) is 0 Å². The zero-order valence-electron chi connectivity index (χ0n) is 28.5. The van der Waals surface area contributed by atoms with Gasteiger partial charge in [-0.3, -0.25) is 39.5 Å². The van der Waals surface area contributed by atoms with Crippen molar-refractivity contribution in [3.05, 3.63) is 161 Å². The molecule has 0 bridgehead atoms. The van der Waals surface area contributed by atoms with E-state index in [1.54, 1.807) is 0 Å². The zero-order valence-corrected chi connectivity index (χ0v) is 28.5. The average Bonchev–Trinajstić information content (AvgIpc) is 3.16. The van der Waals surface area contributed by atoms with Crippen molar-refractivity contribution in [2.75, 3.05) is 45.8 Å². The minimum atomic E-state index is 0.173. The number of hydrogen-bond acceptors (Lipinski definition) is 9. The normalized spacial score (nSPS) is 17.3. The van der Waals surface area contributed by atoms with E-state index in [4.69, 9.17) is 15.5 Å². The predicted molar refractivity (Wildman–Crippen MR) is 196 cm³/mol. The molecule has 1 atom stereocenters. The Labute approximate surface area is 294 Å². The fourth-order valence-electron chi connectivity index (χ4n) is 6.49. The summed E-state index contributed by atoms with van der Waals surface area (Å²) in [5.41, 5.74) is 15.0. The predicted octanol–water partition coefficient (Wildman–Crippen LogP) is 6.14. The molecule has 1 aromatic carbocycles. The Balaban J connectivity index is 1.33. The molecular weight excluding hydrogens is 623 g/mol. The lowest BCUT2D eigenvalue weighted by Gasteiger charge is -2.39. The molecule has 5 aromatic rings. The van der Waals surface area contributed by atoms with Crippen molar-refractivity contribution in [2.45, 2.75) is 38.6 Å². The first-order valence-electron chi connectivity index (χ1n) is 17.3. The lowest BCUT2D eigenvalue weighted by atomic mass is 10.0. The van der Waals surface area contributed by atoms with Gasteiger partial charge in [0.05, 0.1) is 22.8 Å². The molecule has 0 spiro atoms. The molecule has 11 heteroatoms. The molecule has 0 radical (unpaired) electrons. The summed E-state index contributed by atoms with van der Waals surface area (Å²) in [5, 5.41) is 3.80. The van der Waals surface area contributed by atoms with Crippen LogP contribution < -0.4 is 0 Å². The van der Waals surface area contributed by atoms with Gasteiger partial charge in [-0.2, -0.15) is 0 Å². The quantitative estimate of drug-likeness (QED) is 0.0938. The Morgan fingerprint density at radius 1 is 0.540 bits per heavy atom. The number of aromatic nitrogens is 4. The molecule has 1 aliphatic heterocycles. The molecule has 50 heavy (non-hydrogen) atoms. The fourth-order valence-corrected chi connectivity index (χ4v) is 6.49. The summed E-state index contributed by atoms with van der Waals surface area (Å²) >= 11 is 0. The number of pyridine rings is 4. The molecule has 4 aromatic heterocycles. The van der Waals surface area contributed by atoms with Gasteiger partial charge in [-0.25, -0.2) is 0 Å². The van der Waals surface area contributed by atoms with Crippen LogP contribution in [0.25, 0.3) is 10.4 Å². The Morgan fingerprint density at radius 2 is 0.980 bits per heavy atom. The van der Waals surface area contributed by atoms with Crippen LogP contribution in [0.2, 0.25) is 0 Å². The van der Waals surface area contributed by atoms with Gasteiger partial charge in [-0.15, -0.1) is 0 Å². The number of rotatable bonds is 11. The van der Waals surface area contributed by atoms with Crippen LogP contribution in [0.4, 0.5) is 5.69 Å². The van der Waals surface area contributed by atoms with Gasteiger partial charge in [0, 0.05) is 113 Å². The Bertz CT molecular complexity index is 1740. The van der Waals surface area contributed by atoms with E-state index in [0.29, 0.717) is 5.69 Å². The van der Waals surface area contributed by atoms with Crippen LogP contribution in [0, 0.1) is 0 Å². The van der Waals surface area contributed by atoms with Crippen LogP contribution in [0.5, 0.6) is 0 Å². The van der Waals surface area contributed by atoms with Gasteiger partial charge in [0.25, 0.3) is 0 Å². The summed E-state index contributed by atoms with van der Waals surface area (Å²) in [6.45, 7) is 9.28. The molecule has 1 fully saturated rings. The van der Waals surface area contributed by atoms with E-state index in [1.165, 1.54) is 5.56 Å². The molecule has 256 valence electrons. The van der Waals surface area contributed by atoms with Crippen molar-refractivity contribution in [1.29, 1.82) is 0 Å². The highest BCUT2D eigenvalue weighted by Crippen LogP contribution is 2.20. The van der Waals surface area contributed by atoms with E-state index in [0.717, 1.165) is 101 Å². The lowest BCUT2D eigenvalue weighted by Crippen LogP contribution is -2.50. The highest BCUT2D eigenvalue weighted by atomic mass is 15.3. The largest absolute Gasteiger partial charge is 0.295 e.